The molecule has 4 rings (SSSR count). The third-order valence-corrected chi connectivity index (χ3v) is 5.64. The Hall–Kier alpha value is -3.05. The van der Waals surface area contributed by atoms with Crippen LogP contribution in [0.2, 0.25) is 0 Å². The van der Waals surface area contributed by atoms with Gasteiger partial charge in [0.25, 0.3) is 0 Å². The minimum Gasteiger partial charge on any atom is -0.287 e. The maximum absolute atomic E-state index is 14.1. The highest BCUT2D eigenvalue weighted by Gasteiger charge is 2.21. The van der Waals surface area contributed by atoms with E-state index in [9.17, 15) is 9.18 Å². The molecule has 0 fully saturated rings. The van der Waals surface area contributed by atoms with Gasteiger partial charge in [-0.15, -0.1) is 0 Å². The van der Waals surface area contributed by atoms with Crippen LogP contribution in [-0.4, -0.2) is 17.4 Å². The molecule has 5 heteroatoms. The van der Waals surface area contributed by atoms with E-state index in [1.54, 1.807) is 23.1 Å². The van der Waals surface area contributed by atoms with E-state index >= 15 is 0 Å². The van der Waals surface area contributed by atoms with Gasteiger partial charge in [0.2, 0.25) is 5.91 Å². The van der Waals surface area contributed by atoms with Gasteiger partial charge in [0.1, 0.15) is 5.82 Å². The van der Waals surface area contributed by atoms with Crippen LogP contribution in [0.3, 0.4) is 0 Å². The molecule has 0 bridgehead atoms. The van der Waals surface area contributed by atoms with Gasteiger partial charge in [-0.3, -0.25) is 9.69 Å². The minimum atomic E-state index is -0.358. The van der Waals surface area contributed by atoms with Gasteiger partial charge < -0.3 is 0 Å². The summed E-state index contributed by atoms with van der Waals surface area (Å²) in [5, 5.41) is 0.651. The van der Waals surface area contributed by atoms with Crippen molar-refractivity contribution in [3.05, 3.63) is 95.8 Å². The van der Waals surface area contributed by atoms with Crippen molar-refractivity contribution in [3.8, 4) is 0 Å². The zero-order valence-electron chi connectivity index (χ0n) is 15.2. The number of thiazole rings is 1. The summed E-state index contributed by atoms with van der Waals surface area (Å²) in [4.78, 5) is 19.4. The van der Waals surface area contributed by atoms with Gasteiger partial charge in [-0.25, -0.2) is 9.37 Å². The number of rotatable bonds is 6. The van der Waals surface area contributed by atoms with Crippen LogP contribution in [0, 0.1) is 5.82 Å². The largest absolute Gasteiger partial charge is 0.287 e. The SMILES string of the molecule is O=C(Cc1ccccc1F)N(CCc1ccccc1)c1nc2ccccc2s1. The average Bonchev–Trinajstić information content (AvgIpc) is 3.14. The molecule has 0 spiro atoms. The van der Waals surface area contributed by atoms with E-state index in [-0.39, 0.29) is 18.1 Å². The van der Waals surface area contributed by atoms with Crippen LogP contribution in [0.4, 0.5) is 9.52 Å². The lowest BCUT2D eigenvalue weighted by atomic mass is 10.1. The van der Waals surface area contributed by atoms with Crippen molar-refractivity contribution >= 4 is 32.6 Å². The van der Waals surface area contributed by atoms with Crippen LogP contribution in [0.5, 0.6) is 0 Å². The van der Waals surface area contributed by atoms with Crippen LogP contribution in [0.1, 0.15) is 11.1 Å². The van der Waals surface area contributed by atoms with E-state index in [0.717, 1.165) is 15.8 Å². The molecule has 28 heavy (non-hydrogen) atoms. The smallest absolute Gasteiger partial charge is 0.233 e. The normalized spacial score (nSPS) is 10.9. The standard InChI is InChI=1S/C23H19FN2OS/c24-19-11-5-4-10-18(19)16-22(27)26(15-14-17-8-2-1-3-9-17)23-25-20-12-6-7-13-21(20)28-23/h1-13H,14-16H2. The van der Waals surface area contributed by atoms with Crippen LogP contribution >= 0.6 is 11.3 Å². The number of hydrogen-bond acceptors (Lipinski definition) is 3. The molecule has 4 aromatic rings. The molecule has 3 aromatic carbocycles. The van der Waals surface area contributed by atoms with E-state index in [1.165, 1.54) is 17.4 Å². The van der Waals surface area contributed by atoms with Crippen LogP contribution in [0.15, 0.2) is 78.9 Å². The first kappa shape index (κ1) is 18.3. The highest BCUT2D eigenvalue weighted by atomic mass is 32.1. The van der Waals surface area contributed by atoms with Crippen molar-refractivity contribution in [2.24, 2.45) is 0 Å². The number of para-hydroxylation sites is 1. The number of carbonyl (C=O) groups is 1. The molecule has 0 radical (unpaired) electrons. The molecule has 0 aliphatic carbocycles. The van der Waals surface area contributed by atoms with Gasteiger partial charge in [-0.05, 0) is 35.7 Å². The summed E-state index contributed by atoms with van der Waals surface area (Å²) in [5.41, 5.74) is 2.41. The number of nitrogens with zero attached hydrogens (tertiary/aromatic N) is 2. The number of anilines is 1. The third kappa shape index (κ3) is 4.10. The topological polar surface area (TPSA) is 33.2 Å². The molecule has 140 valence electrons. The highest BCUT2D eigenvalue weighted by Crippen LogP contribution is 2.29. The summed E-state index contributed by atoms with van der Waals surface area (Å²) >= 11 is 1.48. The predicted molar refractivity (Wildman–Crippen MR) is 112 cm³/mol. The van der Waals surface area contributed by atoms with E-state index in [2.05, 4.69) is 4.98 Å². The number of halogens is 1. The van der Waals surface area contributed by atoms with Crippen LogP contribution < -0.4 is 4.90 Å². The van der Waals surface area contributed by atoms with E-state index in [4.69, 9.17) is 0 Å². The second-order valence-electron chi connectivity index (χ2n) is 6.51. The number of aromatic nitrogens is 1. The van der Waals surface area contributed by atoms with Gasteiger partial charge in [-0.2, -0.15) is 0 Å². The van der Waals surface area contributed by atoms with Crippen molar-refractivity contribution in [1.82, 2.24) is 4.98 Å². The fourth-order valence-corrected chi connectivity index (χ4v) is 4.10. The number of amides is 1. The lowest BCUT2D eigenvalue weighted by Crippen LogP contribution is -2.34. The summed E-state index contributed by atoms with van der Waals surface area (Å²) in [5.74, 6) is -0.511. The quantitative estimate of drug-likeness (QED) is 0.450. The monoisotopic (exact) mass is 390 g/mol. The predicted octanol–water partition coefficient (Wildman–Crippen LogP) is 5.25. The number of benzene rings is 3. The summed E-state index contributed by atoms with van der Waals surface area (Å²) in [6.07, 6.45) is 0.719. The minimum absolute atomic E-state index is 0.0113. The molecule has 0 saturated heterocycles. The van der Waals surface area contributed by atoms with Gasteiger partial charge in [0.05, 0.1) is 16.6 Å². The Kier molecular flexibility index (Phi) is 5.44. The number of hydrogen-bond donors (Lipinski definition) is 0. The molecule has 0 saturated carbocycles. The maximum atomic E-state index is 14.1. The first-order valence-electron chi connectivity index (χ1n) is 9.14. The van der Waals surface area contributed by atoms with Crippen molar-refractivity contribution in [2.75, 3.05) is 11.4 Å². The van der Waals surface area contributed by atoms with Gasteiger partial charge in [-0.1, -0.05) is 72.0 Å². The summed E-state index contributed by atoms with van der Waals surface area (Å²) in [6.45, 7) is 0.497. The molecule has 0 aliphatic rings. The van der Waals surface area contributed by atoms with E-state index < -0.39 is 0 Å². The fraction of sp³-hybridized carbons (Fsp3) is 0.130. The third-order valence-electron chi connectivity index (χ3n) is 4.58. The molecular weight excluding hydrogens is 371 g/mol. The molecule has 1 heterocycles. The summed E-state index contributed by atoms with van der Waals surface area (Å²) in [7, 11) is 0. The van der Waals surface area contributed by atoms with Crippen molar-refractivity contribution in [1.29, 1.82) is 0 Å². The van der Waals surface area contributed by atoms with Gasteiger partial charge in [0, 0.05) is 6.54 Å². The van der Waals surface area contributed by atoms with Crippen molar-refractivity contribution in [2.45, 2.75) is 12.8 Å². The molecule has 0 unspecified atom stereocenters. The second-order valence-corrected chi connectivity index (χ2v) is 7.52. The Bertz CT molecular complexity index is 1060. The summed E-state index contributed by atoms with van der Waals surface area (Å²) in [6, 6.07) is 24.3. The number of carbonyl (C=O) groups excluding carboxylic acids is 1. The van der Waals surface area contributed by atoms with Crippen molar-refractivity contribution in [3.63, 3.8) is 0 Å². The Morgan fingerprint density at radius 2 is 1.64 bits per heavy atom. The van der Waals surface area contributed by atoms with Gasteiger partial charge >= 0.3 is 0 Å². The Labute approximate surface area is 167 Å². The fourth-order valence-electron chi connectivity index (χ4n) is 3.09. The zero-order chi connectivity index (χ0) is 19.3. The Balaban J connectivity index is 1.62. The number of fused-ring (bicyclic) bond motifs is 1. The molecule has 1 aromatic heterocycles. The van der Waals surface area contributed by atoms with E-state index in [0.29, 0.717) is 23.7 Å². The zero-order valence-corrected chi connectivity index (χ0v) is 16.0. The van der Waals surface area contributed by atoms with Crippen LogP contribution in [0.25, 0.3) is 10.2 Å². The lowest BCUT2D eigenvalue weighted by molar-refractivity contribution is -0.118. The summed E-state index contributed by atoms with van der Waals surface area (Å²) < 4.78 is 15.1. The average molecular weight is 390 g/mol. The first-order valence-corrected chi connectivity index (χ1v) is 9.95. The Morgan fingerprint density at radius 1 is 0.929 bits per heavy atom. The first-order chi connectivity index (χ1) is 13.7. The molecule has 1 amide bonds. The van der Waals surface area contributed by atoms with Gasteiger partial charge in [0.15, 0.2) is 5.13 Å². The van der Waals surface area contributed by atoms with E-state index in [1.807, 2.05) is 54.6 Å². The molecule has 0 aliphatic heterocycles. The molecule has 3 nitrogen and oxygen atoms in total. The molecule has 0 atom stereocenters. The maximum Gasteiger partial charge on any atom is 0.233 e. The second kappa shape index (κ2) is 8.31. The molecular formula is C23H19FN2OS. The molecule has 0 N–H and O–H groups in total. The lowest BCUT2D eigenvalue weighted by Gasteiger charge is -2.20. The Morgan fingerprint density at radius 3 is 2.43 bits per heavy atom. The van der Waals surface area contributed by atoms with Crippen molar-refractivity contribution < 1.29 is 9.18 Å². The highest BCUT2D eigenvalue weighted by molar-refractivity contribution is 7.22. The van der Waals surface area contributed by atoms with Crippen LogP contribution in [-0.2, 0) is 17.6 Å².